The molecule has 0 atom stereocenters. The van der Waals surface area contributed by atoms with Gasteiger partial charge in [0, 0.05) is 27.1 Å². The van der Waals surface area contributed by atoms with Gasteiger partial charge < -0.3 is 9.84 Å². The number of hydrogen-bond acceptors (Lipinski definition) is 4. The van der Waals surface area contributed by atoms with Crippen molar-refractivity contribution in [1.82, 2.24) is 0 Å². The van der Waals surface area contributed by atoms with E-state index in [0.29, 0.717) is 11.3 Å². The van der Waals surface area contributed by atoms with E-state index < -0.39 is 0 Å². The number of aromatic hydroxyl groups is 1. The van der Waals surface area contributed by atoms with Gasteiger partial charge in [-0.1, -0.05) is 0 Å². The zero-order valence-electron chi connectivity index (χ0n) is 7.48. The molecule has 2 aromatic rings. The molecule has 0 radical (unpaired) electrons. The minimum absolute atomic E-state index is 0.0569. The van der Waals surface area contributed by atoms with Crippen LogP contribution in [-0.4, -0.2) is 18.5 Å². The largest absolute Gasteiger partial charge is 0.504 e. The Morgan fingerprint density at radius 2 is 2.29 bits per heavy atom. The minimum Gasteiger partial charge on any atom is -0.504 e. The van der Waals surface area contributed by atoms with Crippen molar-refractivity contribution in [3.63, 3.8) is 0 Å². The van der Waals surface area contributed by atoms with Crippen LogP contribution in [0.15, 0.2) is 17.5 Å². The summed E-state index contributed by atoms with van der Waals surface area (Å²) in [6, 6.07) is 3.27. The molecule has 0 fully saturated rings. The van der Waals surface area contributed by atoms with Crippen LogP contribution in [0.3, 0.4) is 0 Å². The van der Waals surface area contributed by atoms with Crippen molar-refractivity contribution in [2.75, 3.05) is 7.11 Å². The topological polar surface area (TPSA) is 46.5 Å². The van der Waals surface area contributed by atoms with Crippen LogP contribution >= 0.6 is 11.3 Å². The Balaban J connectivity index is 2.75. The van der Waals surface area contributed by atoms with E-state index in [-0.39, 0.29) is 5.75 Å². The van der Waals surface area contributed by atoms with E-state index >= 15 is 0 Å². The van der Waals surface area contributed by atoms with Crippen LogP contribution in [0, 0.1) is 0 Å². The van der Waals surface area contributed by atoms with Crippen LogP contribution in [0.5, 0.6) is 11.5 Å². The molecule has 1 heterocycles. The van der Waals surface area contributed by atoms with Gasteiger partial charge in [0.1, 0.15) is 0 Å². The Kier molecular flexibility index (Phi) is 2.13. The lowest BCUT2D eigenvalue weighted by atomic mass is 10.2. The number of rotatable bonds is 2. The number of phenolic OH excluding ortho intramolecular Hbond substituents is 1. The fourth-order valence-electron chi connectivity index (χ4n) is 1.32. The third kappa shape index (κ3) is 1.24. The molecule has 1 aromatic carbocycles. The molecule has 0 amide bonds. The molecule has 0 saturated heterocycles. The number of benzene rings is 1. The fourth-order valence-corrected chi connectivity index (χ4v) is 2.23. The number of thiophene rings is 1. The molecule has 0 aliphatic carbocycles. The minimum atomic E-state index is 0.0569. The van der Waals surface area contributed by atoms with Gasteiger partial charge in [-0.3, -0.25) is 4.79 Å². The zero-order chi connectivity index (χ0) is 10.1. The summed E-state index contributed by atoms with van der Waals surface area (Å²) in [4.78, 5) is 10.6. The van der Waals surface area contributed by atoms with Crippen molar-refractivity contribution >= 4 is 27.7 Å². The predicted molar refractivity (Wildman–Crippen MR) is 55.4 cm³/mol. The van der Waals surface area contributed by atoms with Crippen molar-refractivity contribution in [3.05, 3.63) is 23.1 Å². The predicted octanol–water partition coefficient (Wildman–Crippen LogP) is 2.43. The lowest BCUT2D eigenvalue weighted by Crippen LogP contribution is -1.83. The van der Waals surface area contributed by atoms with Gasteiger partial charge in [0.25, 0.3) is 0 Å². The first-order chi connectivity index (χ1) is 6.76. The van der Waals surface area contributed by atoms with Crippen LogP contribution in [0.25, 0.3) is 10.1 Å². The summed E-state index contributed by atoms with van der Waals surface area (Å²) in [7, 11) is 1.50. The maximum absolute atomic E-state index is 10.6. The molecule has 2 rings (SSSR count). The van der Waals surface area contributed by atoms with E-state index in [2.05, 4.69) is 0 Å². The Bertz CT molecular complexity index is 487. The van der Waals surface area contributed by atoms with E-state index in [0.717, 1.165) is 16.4 Å². The maximum atomic E-state index is 10.6. The Morgan fingerprint density at radius 3 is 2.93 bits per heavy atom. The molecule has 0 spiro atoms. The molecule has 0 aliphatic rings. The first kappa shape index (κ1) is 9.02. The highest BCUT2D eigenvalue weighted by Gasteiger charge is 2.08. The smallest absolute Gasteiger partial charge is 0.161 e. The third-order valence-electron chi connectivity index (χ3n) is 2.03. The molecule has 0 unspecified atom stereocenters. The first-order valence-corrected chi connectivity index (χ1v) is 4.87. The maximum Gasteiger partial charge on any atom is 0.161 e. The summed E-state index contributed by atoms with van der Waals surface area (Å²) in [5.74, 6) is 0.485. The lowest BCUT2D eigenvalue weighted by Gasteiger charge is -2.02. The van der Waals surface area contributed by atoms with E-state index in [9.17, 15) is 9.90 Å². The number of phenols is 1. The molecule has 1 N–H and O–H groups in total. The number of ether oxygens (including phenoxy) is 1. The summed E-state index contributed by atoms with van der Waals surface area (Å²) >= 11 is 1.45. The Morgan fingerprint density at radius 1 is 1.50 bits per heavy atom. The standard InChI is InChI=1S/C10H8O3S/c1-13-9-3-10-7(2-8(9)12)6(4-11)5-14-10/h2-5,12H,1H3. The van der Waals surface area contributed by atoms with E-state index in [1.807, 2.05) is 0 Å². The second-order valence-electron chi connectivity index (χ2n) is 2.83. The average Bonchev–Trinajstić information content (AvgIpc) is 2.58. The summed E-state index contributed by atoms with van der Waals surface area (Å²) in [6.45, 7) is 0. The third-order valence-corrected chi connectivity index (χ3v) is 3.00. The molecule has 0 aliphatic heterocycles. The fraction of sp³-hybridized carbons (Fsp3) is 0.100. The molecule has 14 heavy (non-hydrogen) atoms. The van der Waals surface area contributed by atoms with E-state index in [4.69, 9.17) is 4.74 Å². The van der Waals surface area contributed by atoms with Crippen molar-refractivity contribution in [2.45, 2.75) is 0 Å². The van der Waals surface area contributed by atoms with Crippen LogP contribution in [0.2, 0.25) is 0 Å². The highest BCUT2D eigenvalue weighted by molar-refractivity contribution is 7.17. The monoisotopic (exact) mass is 208 g/mol. The van der Waals surface area contributed by atoms with Crippen molar-refractivity contribution < 1.29 is 14.6 Å². The van der Waals surface area contributed by atoms with Crippen molar-refractivity contribution in [2.24, 2.45) is 0 Å². The van der Waals surface area contributed by atoms with Crippen molar-refractivity contribution in [3.8, 4) is 11.5 Å². The highest BCUT2D eigenvalue weighted by Crippen LogP contribution is 2.35. The van der Waals surface area contributed by atoms with Crippen LogP contribution in [-0.2, 0) is 0 Å². The quantitative estimate of drug-likeness (QED) is 0.771. The van der Waals surface area contributed by atoms with Gasteiger partial charge >= 0.3 is 0 Å². The molecule has 4 heteroatoms. The number of carbonyl (C=O) groups excluding carboxylic acids is 1. The molecule has 0 saturated carbocycles. The van der Waals surface area contributed by atoms with Gasteiger partial charge in [-0.05, 0) is 6.07 Å². The second kappa shape index (κ2) is 3.31. The van der Waals surface area contributed by atoms with Gasteiger partial charge in [0.15, 0.2) is 17.8 Å². The highest BCUT2D eigenvalue weighted by atomic mass is 32.1. The molecule has 1 aromatic heterocycles. The molecular weight excluding hydrogens is 200 g/mol. The zero-order valence-corrected chi connectivity index (χ0v) is 8.30. The number of fused-ring (bicyclic) bond motifs is 1. The summed E-state index contributed by atoms with van der Waals surface area (Å²) in [5, 5.41) is 12.0. The van der Waals surface area contributed by atoms with Gasteiger partial charge in [0.05, 0.1) is 7.11 Å². The SMILES string of the molecule is COc1cc2scc(C=O)c2cc1O. The van der Waals surface area contributed by atoms with Crippen LogP contribution in [0.4, 0.5) is 0 Å². The van der Waals surface area contributed by atoms with E-state index in [1.165, 1.54) is 18.4 Å². The summed E-state index contributed by atoms with van der Waals surface area (Å²) in [5.41, 5.74) is 0.600. The summed E-state index contributed by atoms with van der Waals surface area (Å²) in [6.07, 6.45) is 0.782. The molecule has 3 nitrogen and oxygen atoms in total. The van der Waals surface area contributed by atoms with Gasteiger partial charge in [-0.25, -0.2) is 0 Å². The second-order valence-corrected chi connectivity index (χ2v) is 3.74. The Labute approximate surface area is 84.6 Å². The molecule has 72 valence electrons. The van der Waals surface area contributed by atoms with Gasteiger partial charge in [-0.2, -0.15) is 0 Å². The van der Waals surface area contributed by atoms with Crippen molar-refractivity contribution in [1.29, 1.82) is 0 Å². The summed E-state index contributed by atoms with van der Waals surface area (Å²) < 4.78 is 5.90. The Hall–Kier alpha value is -1.55. The molecule has 0 bridgehead atoms. The van der Waals surface area contributed by atoms with Crippen LogP contribution < -0.4 is 4.74 Å². The first-order valence-electron chi connectivity index (χ1n) is 3.99. The van der Waals surface area contributed by atoms with Crippen LogP contribution in [0.1, 0.15) is 10.4 Å². The molecular formula is C10H8O3S. The van der Waals surface area contributed by atoms with Gasteiger partial charge in [-0.15, -0.1) is 11.3 Å². The number of methoxy groups -OCH3 is 1. The van der Waals surface area contributed by atoms with E-state index in [1.54, 1.807) is 17.5 Å². The van der Waals surface area contributed by atoms with Gasteiger partial charge in [0.2, 0.25) is 0 Å². The lowest BCUT2D eigenvalue weighted by molar-refractivity contribution is 0.112. The number of hydrogen-bond donors (Lipinski definition) is 1. The normalized spacial score (nSPS) is 10.4. The number of carbonyl (C=O) groups is 1. The number of aldehydes is 1. The average molecular weight is 208 g/mol.